The van der Waals surface area contributed by atoms with Crippen LogP contribution in [0.3, 0.4) is 0 Å². The fraction of sp³-hybridized carbons (Fsp3) is 0.471. The first-order valence-electron chi connectivity index (χ1n) is 7.72. The molecule has 1 unspecified atom stereocenters. The normalized spacial score (nSPS) is 16.1. The first-order valence-corrected chi connectivity index (χ1v) is 8.10. The van der Waals surface area contributed by atoms with E-state index in [0.717, 1.165) is 23.4 Å². The highest BCUT2D eigenvalue weighted by Gasteiger charge is 2.19. The van der Waals surface area contributed by atoms with E-state index in [1.165, 1.54) is 5.57 Å². The van der Waals surface area contributed by atoms with Gasteiger partial charge in [0.25, 0.3) is 0 Å². The summed E-state index contributed by atoms with van der Waals surface area (Å²) in [5.74, 6) is 0. The molecule has 2 amide bonds. The van der Waals surface area contributed by atoms with Crippen LogP contribution in [0, 0.1) is 0 Å². The zero-order valence-corrected chi connectivity index (χ0v) is 13.6. The van der Waals surface area contributed by atoms with Crippen molar-refractivity contribution in [3.8, 4) is 0 Å². The number of carbonyl (C=O) groups excluding carboxylic acids is 1. The van der Waals surface area contributed by atoms with Gasteiger partial charge in [-0.25, -0.2) is 4.79 Å². The third-order valence-corrected chi connectivity index (χ3v) is 4.21. The molecule has 1 aromatic rings. The zero-order valence-electron chi connectivity index (χ0n) is 12.9. The topological polar surface area (TPSA) is 52.6 Å². The van der Waals surface area contributed by atoms with Crippen LogP contribution >= 0.6 is 11.6 Å². The van der Waals surface area contributed by atoms with Gasteiger partial charge in [-0.2, -0.15) is 0 Å². The Hall–Kier alpha value is -1.52. The van der Waals surface area contributed by atoms with Crippen LogP contribution in [0.5, 0.6) is 0 Å². The minimum absolute atomic E-state index is 0.0418. The summed E-state index contributed by atoms with van der Waals surface area (Å²) in [4.78, 5) is 14.0. The molecule has 1 heterocycles. The van der Waals surface area contributed by atoms with Crippen LogP contribution in [0.2, 0.25) is 5.02 Å². The Morgan fingerprint density at radius 2 is 2.23 bits per heavy atom. The molecule has 1 atom stereocenters. The van der Waals surface area contributed by atoms with Crippen molar-refractivity contribution in [1.82, 2.24) is 10.2 Å². The van der Waals surface area contributed by atoms with E-state index in [-0.39, 0.29) is 18.7 Å². The Morgan fingerprint density at radius 1 is 1.45 bits per heavy atom. The van der Waals surface area contributed by atoms with E-state index in [9.17, 15) is 4.79 Å². The predicted molar refractivity (Wildman–Crippen MR) is 89.9 cm³/mol. The summed E-state index contributed by atoms with van der Waals surface area (Å²) in [5.41, 5.74) is 2.25. The van der Waals surface area contributed by atoms with Gasteiger partial charge in [0.15, 0.2) is 0 Å². The number of carbonyl (C=O) groups is 1. The lowest BCUT2D eigenvalue weighted by molar-refractivity contribution is 0.197. The van der Waals surface area contributed by atoms with Crippen molar-refractivity contribution in [3.05, 3.63) is 40.9 Å². The Balaban J connectivity index is 1.91. The lowest BCUT2D eigenvalue weighted by Gasteiger charge is -2.28. The summed E-state index contributed by atoms with van der Waals surface area (Å²) in [6.07, 6.45) is 4.37. The highest BCUT2D eigenvalue weighted by Crippen LogP contribution is 2.28. The number of aliphatic hydroxyl groups excluding tert-OH is 1. The third-order valence-electron chi connectivity index (χ3n) is 3.88. The maximum atomic E-state index is 12.2. The second-order valence-electron chi connectivity index (χ2n) is 5.62. The number of nitrogens with zero attached hydrogens (tertiary/aromatic N) is 1. The molecule has 0 saturated carbocycles. The van der Waals surface area contributed by atoms with Crippen LogP contribution in [0.4, 0.5) is 4.79 Å². The van der Waals surface area contributed by atoms with Crippen molar-refractivity contribution in [2.45, 2.75) is 32.2 Å². The first-order chi connectivity index (χ1) is 10.6. The zero-order chi connectivity index (χ0) is 15.9. The van der Waals surface area contributed by atoms with E-state index in [1.807, 2.05) is 31.2 Å². The molecular weight excluding hydrogens is 300 g/mol. The number of hydrogen-bond acceptors (Lipinski definition) is 2. The van der Waals surface area contributed by atoms with Crippen molar-refractivity contribution in [3.63, 3.8) is 0 Å². The molecular formula is C17H23ClN2O2. The molecule has 2 rings (SSSR count). The van der Waals surface area contributed by atoms with Crippen LogP contribution in [-0.4, -0.2) is 41.8 Å². The van der Waals surface area contributed by atoms with Gasteiger partial charge in [0.2, 0.25) is 0 Å². The van der Waals surface area contributed by atoms with E-state index in [0.29, 0.717) is 19.5 Å². The van der Waals surface area contributed by atoms with Crippen molar-refractivity contribution in [2.24, 2.45) is 0 Å². The number of benzene rings is 1. The van der Waals surface area contributed by atoms with Gasteiger partial charge in [0.1, 0.15) is 0 Å². The van der Waals surface area contributed by atoms with Gasteiger partial charge < -0.3 is 15.3 Å². The van der Waals surface area contributed by atoms with Crippen molar-refractivity contribution in [1.29, 1.82) is 0 Å². The van der Waals surface area contributed by atoms with Gasteiger partial charge >= 0.3 is 6.03 Å². The molecule has 0 fully saturated rings. The molecule has 0 spiro atoms. The Labute approximate surface area is 136 Å². The Bertz CT molecular complexity index is 545. The van der Waals surface area contributed by atoms with Crippen LogP contribution in [0.1, 0.15) is 31.7 Å². The fourth-order valence-corrected chi connectivity index (χ4v) is 2.85. The summed E-state index contributed by atoms with van der Waals surface area (Å²) >= 11 is 6.22. The average molecular weight is 323 g/mol. The van der Waals surface area contributed by atoms with Gasteiger partial charge in [-0.1, -0.05) is 35.9 Å². The molecule has 0 radical (unpaired) electrons. The van der Waals surface area contributed by atoms with Crippen LogP contribution in [0.25, 0.3) is 5.57 Å². The summed E-state index contributed by atoms with van der Waals surface area (Å²) in [5, 5.41) is 12.5. The van der Waals surface area contributed by atoms with Crippen LogP contribution < -0.4 is 5.32 Å². The fourth-order valence-electron chi connectivity index (χ4n) is 2.59. The van der Waals surface area contributed by atoms with Crippen LogP contribution in [-0.2, 0) is 0 Å². The second kappa shape index (κ2) is 8.20. The van der Waals surface area contributed by atoms with Crippen molar-refractivity contribution < 1.29 is 9.90 Å². The van der Waals surface area contributed by atoms with E-state index in [2.05, 4.69) is 11.4 Å². The van der Waals surface area contributed by atoms with Gasteiger partial charge in [0.05, 0.1) is 0 Å². The molecule has 0 aliphatic carbocycles. The quantitative estimate of drug-likeness (QED) is 0.874. The molecule has 5 heteroatoms. The number of urea groups is 1. The molecule has 1 aliphatic heterocycles. The summed E-state index contributed by atoms with van der Waals surface area (Å²) < 4.78 is 0. The molecule has 22 heavy (non-hydrogen) atoms. The predicted octanol–water partition coefficient (Wildman–Crippen LogP) is 3.30. The maximum absolute atomic E-state index is 12.2. The van der Waals surface area contributed by atoms with E-state index >= 15 is 0 Å². The maximum Gasteiger partial charge on any atom is 0.317 e. The molecule has 2 N–H and O–H groups in total. The Morgan fingerprint density at radius 3 is 2.86 bits per heavy atom. The van der Waals surface area contributed by atoms with Gasteiger partial charge in [0, 0.05) is 30.8 Å². The smallest absolute Gasteiger partial charge is 0.317 e. The van der Waals surface area contributed by atoms with Crippen LogP contribution in [0.15, 0.2) is 30.3 Å². The second-order valence-corrected chi connectivity index (χ2v) is 6.03. The molecule has 0 saturated heterocycles. The van der Waals surface area contributed by atoms with E-state index in [1.54, 1.807) is 4.90 Å². The highest BCUT2D eigenvalue weighted by molar-refractivity contribution is 6.32. The monoisotopic (exact) mass is 322 g/mol. The molecule has 0 bridgehead atoms. The first kappa shape index (κ1) is 16.8. The average Bonchev–Trinajstić information content (AvgIpc) is 2.53. The van der Waals surface area contributed by atoms with Crippen molar-refractivity contribution in [2.75, 3.05) is 19.7 Å². The Kier molecular flexibility index (Phi) is 6.28. The number of hydrogen-bond donors (Lipinski definition) is 2. The SMILES string of the molecule is CC(CCCO)NC(=O)N1CC=C(c2ccccc2Cl)CC1. The number of halogens is 1. The van der Waals surface area contributed by atoms with Gasteiger partial charge in [-0.15, -0.1) is 0 Å². The lowest BCUT2D eigenvalue weighted by atomic mass is 9.99. The number of rotatable bonds is 5. The third kappa shape index (κ3) is 4.49. The summed E-state index contributed by atoms with van der Waals surface area (Å²) in [6.45, 7) is 3.41. The lowest BCUT2D eigenvalue weighted by Crippen LogP contribution is -2.45. The molecule has 1 aliphatic rings. The molecule has 0 aromatic heterocycles. The number of nitrogens with one attached hydrogen (secondary N) is 1. The number of aliphatic hydroxyl groups is 1. The standard InChI is InChI=1S/C17H23ClN2O2/c1-13(5-4-12-21)19-17(22)20-10-8-14(9-11-20)15-6-2-3-7-16(15)18/h2-3,6-8,13,21H,4-5,9-12H2,1H3,(H,19,22). The minimum Gasteiger partial charge on any atom is -0.396 e. The molecule has 120 valence electrons. The molecule has 1 aromatic carbocycles. The largest absolute Gasteiger partial charge is 0.396 e. The highest BCUT2D eigenvalue weighted by atomic mass is 35.5. The summed E-state index contributed by atoms with van der Waals surface area (Å²) in [6, 6.07) is 7.83. The summed E-state index contributed by atoms with van der Waals surface area (Å²) in [7, 11) is 0. The van der Waals surface area contributed by atoms with E-state index in [4.69, 9.17) is 16.7 Å². The van der Waals surface area contributed by atoms with Crippen molar-refractivity contribution >= 4 is 23.2 Å². The van der Waals surface area contributed by atoms with Gasteiger partial charge in [-0.3, -0.25) is 0 Å². The number of amides is 2. The van der Waals surface area contributed by atoms with E-state index < -0.39 is 0 Å². The molecule has 4 nitrogen and oxygen atoms in total. The van der Waals surface area contributed by atoms with Gasteiger partial charge in [-0.05, 0) is 43.4 Å². The minimum atomic E-state index is -0.0418.